The van der Waals surface area contributed by atoms with E-state index in [1.807, 2.05) is 19.1 Å². The average molecular weight is 292 g/mol. The molecule has 21 heavy (non-hydrogen) atoms. The zero-order chi connectivity index (χ0) is 15.4. The Hall–Kier alpha value is -2.08. The molecule has 1 aliphatic heterocycles. The van der Waals surface area contributed by atoms with Crippen LogP contribution in [0.3, 0.4) is 0 Å². The molecule has 1 amide bonds. The molecular formula is C15H20N2O4. The molecule has 1 aromatic rings. The number of aryl methyl sites for hydroxylation is 1. The van der Waals surface area contributed by atoms with E-state index in [9.17, 15) is 9.59 Å². The second-order valence-electron chi connectivity index (χ2n) is 5.20. The van der Waals surface area contributed by atoms with Gasteiger partial charge in [0.15, 0.2) is 0 Å². The molecule has 6 heteroatoms. The fraction of sp³-hybridized carbons (Fsp3) is 0.467. The normalized spacial score (nSPS) is 15.8. The largest absolute Gasteiger partial charge is 0.465 e. The topological polar surface area (TPSA) is 70.1 Å². The van der Waals surface area contributed by atoms with Crippen LogP contribution in [0.2, 0.25) is 0 Å². The van der Waals surface area contributed by atoms with Crippen molar-refractivity contribution in [3.63, 3.8) is 0 Å². The highest BCUT2D eigenvalue weighted by Crippen LogP contribution is 2.16. The van der Waals surface area contributed by atoms with E-state index in [0.29, 0.717) is 38.3 Å². The molecule has 0 bridgehead atoms. The molecule has 6 nitrogen and oxygen atoms in total. The van der Waals surface area contributed by atoms with Gasteiger partial charge in [0, 0.05) is 32.7 Å². The molecule has 2 rings (SSSR count). The van der Waals surface area contributed by atoms with E-state index in [1.165, 1.54) is 12.0 Å². The van der Waals surface area contributed by atoms with Gasteiger partial charge in [0.25, 0.3) is 0 Å². The summed E-state index contributed by atoms with van der Waals surface area (Å²) >= 11 is 0. The Morgan fingerprint density at radius 1 is 1.24 bits per heavy atom. The van der Waals surface area contributed by atoms with E-state index in [1.54, 1.807) is 6.07 Å². The highest BCUT2D eigenvalue weighted by Gasteiger charge is 2.22. The summed E-state index contributed by atoms with van der Waals surface area (Å²) in [6.07, 6.45) is -0.875. The Bertz CT molecular complexity index is 536. The van der Waals surface area contributed by atoms with Gasteiger partial charge in [-0.05, 0) is 18.6 Å². The summed E-state index contributed by atoms with van der Waals surface area (Å²) in [6, 6.07) is 5.65. The molecule has 1 fully saturated rings. The third-order valence-corrected chi connectivity index (χ3v) is 3.70. The molecule has 0 aliphatic carbocycles. The molecule has 0 radical (unpaired) electrons. The van der Waals surface area contributed by atoms with Crippen molar-refractivity contribution in [2.75, 3.05) is 33.3 Å². The van der Waals surface area contributed by atoms with E-state index >= 15 is 0 Å². The Morgan fingerprint density at radius 3 is 2.48 bits per heavy atom. The van der Waals surface area contributed by atoms with Crippen molar-refractivity contribution in [3.8, 4) is 0 Å². The molecular weight excluding hydrogens is 272 g/mol. The van der Waals surface area contributed by atoms with Crippen molar-refractivity contribution in [1.29, 1.82) is 0 Å². The van der Waals surface area contributed by atoms with Gasteiger partial charge in [-0.3, -0.25) is 4.90 Å². The van der Waals surface area contributed by atoms with Crippen molar-refractivity contribution in [3.05, 3.63) is 34.9 Å². The third-order valence-electron chi connectivity index (χ3n) is 3.70. The maximum absolute atomic E-state index is 11.8. The fourth-order valence-corrected chi connectivity index (χ4v) is 2.50. The second kappa shape index (κ2) is 6.58. The van der Waals surface area contributed by atoms with Crippen LogP contribution in [0.5, 0.6) is 0 Å². The molecule has 1 heterocycles. The molecule has 1 aromatic carbocycles. The van der Waals surface area contributed by atoms with Crippen LogP contribution in [0, 0.1) is 6.92 Å². The number of carbonyl (C=O) groups excluding carboxylic acids is 1. The minimum absolute atomic E-state index is 0.339. The molecule has 0 unspecified atom stereocenters. The second-order valence-corrected chi connectivity index (χ2v) is 5.20. The Kier molecular flexibility index (Phi) is 4.80. The number of amides is 1. The number of carbonyl (C=O) groups is 2. The Morgan fingerprint density at radius 2 is 1.90 bits per heavy atom. The maximum Gasteiger partial charge on any atom is 0.407 e. The van der Waals surface area contributed by atoms with Crippen molar-refractivity contribution in [1.82, 2.24) is 9.80 Å². The summed E-state index contributed by atoms with van der Waals surface area (Å²) in [6.45, 7) is 4.93. The summed E-state index contributed by atoms with van der Waals surface area (Å²) in [5.74, 6) is -0.339. The summed E-state index contributed by atoms with van der Waals surface area (Å²) in [5, 5.41) is 8.95. The highest BCUT2D eigenvalue weighted by molar-refractivity contribution is 5.91. The molecule has 0 spiro atoms. The lowest BCUT2D eigenvalue weighted by molar-refractivity contribution is 0.0597. The number of rotatable bonds is 3. The van der Waals surface area contributed by atoms with Gasteiger partial charge < -0.3 is 14.7 Å². The minimum Gasteiger partial charge on any atom is -0.465 e. The number of benzene rings is 1. The first-order valence-electron chi connectivity index (χ1n) is 6.89. The quantitative estimate of drug-likeness (QED) is 0.856. The Labute approximate surface area is 123 Å². The predicted octanol–water partition coefficient (Wildman–Crippen LogP) is 1.58. The number of methoxy groups -OCH3 is 1. The molecule has 0 aromatic heterocycles. The minimum atomic E-state index is -0.875. The monoisotopic (exact) mass is 292 g/mol. The van der Waals surface area contributed by atoms with Gasteiger partial charge in [-0.2, -0.15) is 0 Å². The van der Waals surface area contributed by atoms with Gasteiger partial charge in [0.05, 0.1) is 12.7 Å². The van der Waals surface area contributed by atoms with Crippen molar-refractivity contribution in [2.24, 2.45) is 0 Å². The number of ether oxygens (including phenoxy) is 1. The molecule has 114 valence electrons. The first-order valence-corrected chi connectivity index (χ1v) is 6.89. The SMILES string of the molecule is COC(=O)c1ccc(C)cc1CN1CCN(C(=O)O)CC1. The number of nitrogens with zero attached hydrogens (tertiary/aromatic N) is 2. The average Bonchev–Trinajstić information content (AvgIpc) is 2.47. The highest BCUT2D eigenvalue weighted by atomic mass is 16.5. The van der Waals surface area contributed by atoms with E-state index in [0.717, 1.165) is 11.1 Å². The summed E-state index contributed by atoms with van der Waals surface area (Å²) in [5.41, 5.74) is 2.58. The number of piperazine rings is 1. The van der Waals surface area contributed by atoms with Gasteiger partial charge in [-0.25, -0.2) is 9.59 Å². The number of carboxylic acid groups (broad SMARTS) is 1. The maximum atomic E-state index is 11.8. The van der Waals surface area contributed by atoms with Crippen LogP contribution in [-0.4, -0.2) is 60.3 Å². The van der Waals surface area contributed by atoms with Crippen LogP contribution in [0.15, 0.2) is 18.2 Å². The van der Waals surface area contributed by atoms with Crippen molar-refractivity contribution < 1.29 is 19.4 Å². The lowest BCUT2D eigenvalue weighted by atomic mass is 10.0. The third kappa shape index (κ3) is 3.72. The zero-order valence-electron chi connectivity index (χ0n) is 12.3. The van der Waals surface area contributed by atoms with E-state index in [2.05, 4.69) is 4.90 Å². The standard InChI is InChI=1S/C15H20N2O4/c1-11-3-4-13(14(18)21-2)12(9-11)10-16-5-7-17(8-6-16)15(19)20/h3-4,9H,5-8,10H2,1-2H3,(H,19,20). The molecule has 0 atom stereocenters. The summed E-state index contributed by atoms with van der Waals surface area (Å²) in [7, 11) is 1.37. The fourth-order valence-electron chi connectivity index (χ4n) is 2.50. The number of hydrogen-bond donors (Lipinski definition) is 1. The molecule has 0 saturated carbocycles. The Balaban J connectivity index is 2.08. The van der Waals surface area contributed by atoms with Gasteiger partial charge in [0.1, 0.15) is 0 Å². The summed E-state index contributed by atoms with van der Waals surface area (Å²) < 4.78 is 4.81. The van der Waals surface area contributed by atoms with Gasteiger partial charge in [-0.15, -0.1) is 0 Å². The van der Waals surface area contributed by atoms with Crippen LogP contribution in [0.1, 0.15) is 21.5 Å². The number of hydrogen-bond acceptors (Lipinski definition) is 4. The lowest BCUT2D eigenvalue weighted by Gasteiger charge is -2.33. The van der Waals surface area contributed by atoms with Crippen LogP contribution in [0.25, 0.3) is 0 Å². The molecule has 1 saturated heterocycles. The zero-order valence-corrected chi connectivity index (χ0v) is 12.3. The van der Waals surface area contributed by atoms with Crippen LogP contribution in [-0.2, 0) is 11.3 Å². The van der Waals surface area contributed by atoms with Crippen molar-refractivity contribution >= 4 is 12.1 Å². The molecule has 1 N–H and O–H groups in total. The first-order chi connectivity index (χ1) is 10.0. The van der Waals surface area contributed by atoms with E-state index in [-0.39, 0.29) is 5.97 Å². The van der Waals surface area contributed by atoms with E-state index < -0.39 is 6.09 Å². The van der Waals surface area contributed by atoms with Gasteiger partial charge in [0.2, 0.25) is 0 Å². The first kappa shape index (κ1) is 15.3. The van der Waals surface area contributed by atoms with Crippen LogP contribution in [0.4, 0.5) is 4.79 Å². The van der Waals surface area contributed by atoms with Crippen LogP contribution >= 0.6 is 0 Å². The predicted molar refractivity (Wildman–Crippen MR) is 77.4 cm³/mol. The van der Waals surface area contributed by atoms with Gasteiger partial charge in [-0.1, -0.05) is 17.7 Å². The van der Waals surface area contributed by atoms with Gasteiger partial charge >= 0.3 is 12.1 Å². The smallest absolute Gasteiger partial charge is 0.407 e. The van der Waals surface area contributed by atoms with Crippen LogP contribution < -0.4 is 0 Å². The van der Waals surface area contributed by atoms with E-state index in [4.69, 9.17) is 9.84 Å². The number of esters is 1. The summed E-state index contributed by atoms with van der Waals surface area (Å²) in [4.78, 5) is 26.3. The lowest BCUT2D eigenvalue weighted by Crippen LogP contribution is -2.47. The van der Waals surface area contributed by atoms with Crippen molar-refractivity contribution in [2.45, 2.75) is 13.5 Å². The molecule has 1 aliphatic rings.